The van der Waals surface area contributed by atoms with Crippen LogP contribution < -0.4 is 9.44 Å². The van der Waals surface area contributed by atoms with Crippen molar-refractivity contribution in [1.29, 1.82) is 0 Å². The van der Waals surface area contributed by atoms with E-state index in [0.717, 1.165) is 16.7 Å². The fourth-order valence-corrected chi connectivity index (χ4v) is 3.17. The SMILES string of the molecule is O=S(=O)(NCc1ccccc1)NCc1cnn(Cc2ccccc2)c1. The number of hydrogen-bond donors (Lipinski definition) is 2. The van der Waals surface area contributed by atoms with Crippen LogP contribution in [0, 0.1) is 0 Å². The second-order valence-corrected chi connectivity index (χ2v) is 7.25. The molecule has 0 bridgehead atoms. The van der Waals surface area contributed by atoms with Gasteiger partial charge in [0.1, 0.15) is 0 Å². The summed E-state index contributed by atoms with van der Waals surface area (Å²) in [7, 11) is -3.56. The van der Waals surface area contributed by atoms with E-state index >= 15 is 0 Å². The molecule has 25 heavy (non-hydrogen) atoms. The van der Waals surface area contributed by atoms with Gasteiger partial charge < -0.3 is 0 Å². The maximum Gasteiger partial charge on any atom is 0.277 e. The third-order valence-corrected chi connectivity index (χ3v) is 4.70. The predicted molar refractivity (Wildman–Crippen MR) is 96.8 cm³/mol. The van der Waals surface area contributed by atoms with Gasteiger partial charge in [0, 0.05) is 24.8 Å². The molecule has 0 aliphatic carbocycles. The van der Waals surface area contributed by atoms with Gasteiger partial charge in [0.25, 0.3) is 10.2 Å². The summed E-state index contributed by atoms with van der Waals surface area (Å²) in [6.45, 7) is 1.10. The Kier molecular flexibility index (Phi) is 5.60. The van der Waals surface area contributed by atoms with Crippen LogP contribution >= 0.6 is 0 Å². The van der Waals surface area contributed by atoms with E-state index in [4.69, 9.17) is 0 Å². The van der Waals surface area contributed by atoms with E-state index in [1.807, 2.05) is 66.9 Å². The summed E-state index contributed by atoms with van der Waals surface area (Å²) in [5, 5.41) is 4.27. The molecule has 0 radical (unpaired) electrons. The lowest BCUT2D eigenvalue weighted by atomic mass is 10.2. The molecule has 0 amide bonds. The Labute approximate surface area is 147 Å². The van der Waals surface area contributed by atoms with E-state index in [1.165, 1.54) is 0 Å². The standard InChI is InChI=1S/C18H20N4O2S/c23-25(24,20-12-16-7-3-1-4-8-16)21-13-18-11-19-22(15-18)14-17-9-5-2-6-10-17/h1-11,15,20-21H,12-14H2. The van der Waals surface area contributed by atoms with E-state index < -0.39 is 10.2 Å². The molecule has 6 nitrogen and oxygen atoms in total. The zero-order valence-electron chi connectivity index (χ0n) is 13.7. The molecule has 3 aromatic rings. The lowest BCUT2D eigenvalue weighted by molar-refractivity contribution is 0.565. The van der Waals surface area contributed by atoms with Crippen molar-refractivity contribution in [3.05, 3.63) is 89.7 Å². The predicted octanol–water partition coefficient (Wildman–Crippen LogP) is 2.06. The first kappa shape index (κ1) is 17.3. The largest absolute Gasteiger partial charge is 0.277 e. The van der Waals surface area contributed by atoms with Crippen LogP contribution in [0.25, 0.3) is 0 Å². The van der Waals surface area contributed by atoms with Gasteiger partial charge in [0.2, 0.25) is 0 Å². The number of benzene rings is 2. The van der Waals surface area contributed by atoms with Crippen LogP contribution in [-0.2, 0) is 29.8 Å². The normalized spacial score (nSPS) is 11.5. The van der Waals surface area contributed by atoms with Gasteiger partial charge in [-0.1, -0.05) is 60.7 Å². The molecular weight excluding hydrogens is 336 g/mol. The fourth-order valence-electron chi connectivity index (χ4n) is 2.36. The topological polar surface area (TPSA) is 76.0 Å². The maximum atomic E-state index is 12.0. The number of hydrogen-bond acceptors (Lipinski definition) is 3. The first-order valence-corrected chi connectivity index (χ1v) is 9.42. The Morgan fingerprint density at radius 2 is 1.36 bits per heavy atom. The summed E-state index contributed by atoms with van der Waals surface area (Å²) < 4.78 is 30.9. The van der Waals surface area contributed by atoms with Gasteiger partial charge >= 0.3 is 0 Å². The molecular formula is C18H20N4O2S. The number of rotatable bonds is 8. The van der Waals surface area contributed by atoms with Crippen molar-refractivity contribution in [1.82, 2.24) is 19.2 Å². The van der Waals surface area contributed by atoms with Gasteiger partial charge in [0.15, 0.2) is 0 Å². The summed E-state index contributed by atoms with van der Waals surface area (Å²) in [6, 6.07) is 19.4. The van der Waals surface area contributed by atoms with Crippen LogP contribution in [0.2, 0.25) is 0 Å². The molecule has 3 rings (SSSR count). The summed E-state index contributed by atoms with van der Waals surface area (Å²) in [6.07, 6.45) is 3.51. The molecule has 0 fully saturated rings. The summed E-state index contributed by atoms with van der Waals surface area (Å²) >= 11 is 0. The van der Waals surface area contributed by atoms with Gasteiger partial charge in [-0.15, -0.1) is 0 Å². The van der Waals surface area contributed by atoms with Crippen molar-refractivity contribution in [2.45, 2.75) is 19.6 Å². The Morgan fingerprint density at radius 3 is 2.00 bits per heavy atom. The third kappa shape index (κ3) is 5.53. The van der Waals surface area contributed by atoms with Gasteiger partial charge in [-0.25, -0.2) is 0 Å². The van der Waals surface area contributed by atoms with Crippen LogP contribution in [0.1, 0.15) is 16.7 Å². The Bertz CT molecular complexity index is 893. The Hall–Kier alpha value is -2.48. The van der Waals surface area contributed by atoms with Gasteiger partial charge in [0.05, 0.1) is 12.7 Å². The highest BCUT2D eigenvalue weighted by Crippen LogP contribution is 2.04. The summed E-state index contributed by atoms with van der Waals surface area (Å²) in [5.74, 6) is 0. The van der Waals surface area contributed by atoms with Crippen molar-refractivity contribution >= 4 is 10.2 Å². The monoisotopic (exact) mass is 356 g/mol. The molecule has 0 atom stereocenters. The molecule has 0 unspecified atom stereocenters. The molecule has 0 spiro atoms. The van der Waals surface area contributed by atoms with Crippen LogP contribution in [0.3, 0.4) is 0 Å². The second-order valence-electron chi connectivity index (χ2n) is 5.66. The number of aromatic nitrogens is 2. The minimum absolute atomic E-state index is 0.193. The molecule has 1 aromatic heterocycles. The van der Waals surface area contributed by atoms with E-state index in [2.05, 4.69) is 14.5 Å². The van der Waals surface area contributed by atoms with Crippen molar-refractivity contribution < 1.29 is 8.42 Å². The third-order valence-electron chi connectivity index (χ3n) is 3.65. The van der Waals surface area contributed by atoms with Gasteiger partial charge in [-0.05, 0) is 11.1 Å². The van der Waals surface area contributed by atoms with Crippen molar-refractivity contribution in [3.8, 4) is 0 Å². The molecule has 2 N–H and O–H groups in total. The quantitative estimate of drug-likeness (QED) is 0.649. The van der Waals surface area contributed by atoms with Crippen LogP contribution in [0.15, 0.2) is 73.1 Å². The van der Waals surface area contributed by atoms with Crippen molar-refractivity contribution in [2.24, 2.45) is 0 Å². The van der Waals surface area contributed by atoms with Gasteiger partial charge in [-0.3, -0.25) is 4.68 Å². The molecule has 1 heterocycles. The second kappa shape index (κ2) is 8.06. The first-order chi connectivity index (χ1) is 12.1. The lowest BCUT2D eigenvalue weighted by Gasteiger charge is -2.07. The van der Waals surface area contributed by atoms with E-state index in [9.17, 15) is 8.42 Å². The minimum atomic E-state index is -3.56. The van der Waals surface area contributed by atoms with Gasteiger partial charge in [-0.2, -0.15) is 23.0 Å². The maximum absolute atomic E-state index is 12.0. The average molecular weight is 356 g/mol. The lowest BCUT2D eigenvalue weighted by Crippen LogP contribution is -2.35. The Morgan fingerprint density at radius 1 is 0.800 bits per heavy atom. The van der Waals surface area contributed by atoms with Crippen molar-refractivity contribution in [2.75, 3.05) is 0 Å². The zero-order chi connectivity index (χ0) is 17.5. The highest BCUT2D eigenvalue weighted by molar-refractivity contribution is 7.87. The number of nitrogens with one attached hydrogen (secondary N) is 2. The zero-order valence-corrected chi connectivity index (χ0v) is 14.5. The van der Waals surface area contributed by atoms with Crippen LogP contribution in [0.5, 0.6) is 0 Å². The molecule has 2 aromatic carbocycles. The van der Waals surface area contributed by atoms with Crippen LogP contribution in [0.4, 0.5) is 0 Å². The van der Waals surface area contributed by atoms with E-state index in [0.29, 0.717) is 6.54 Å². The minimum Gasteiger partial charge on any atom is -0.268 e. The smallest absolute Gasteiger partial charge is 0.268 e. The Balaban J connectivity index is 1.51. The summed E-state index contributed by atoms with van der Waals surface area (Å²) in [4.78, 5) is 0. The molecule has 130 valence electrons. The highest BCUT2D eigenvalue weighted by Gasteiger charge is 2.10. The molecule has 0 aliphatic heterocycles. The molecule has 0 saturated heterocycles. The highest BCUT2D eigenvalue weighted by atomic mass is 32.2. The number of nitrogens with zero attached hydrogens (tertiary/aromatic N) is 2. The fraction of sp³-hybridized carbons (Fsp3) is 0.167. The first-order valence-electron chi connectivity index (χ1n) is 7.94. The van der Waals surface area contributed by atoms with Crippen molar-refractivity contribution in [3.63, 3.8) is 0 Å². The average Bonchev–Trinajstić information content (AvgIpc) is 3.08. The molecule has 0 saturated carbocycles. The van der Waals surface area contributed by atoms with Crippen LogP contribution in [-0.4, -0.2) is 18.2 Å². The summed E-state index contributed by atoms with van der Waals surface area (Å²) in [5.41, 5.74) is 2.85. The van der Waals surface area contributed by atoms with E-state index in [1.54, 1.807) is 10.9 Å². The van der Waals surface area contributed by atoms with E-state index in [-0.39, 0.29) is 13.1 Å². The molecule has 0 aliphatic rings. The molecule has 7 heteroatoms.